The lowest BCUT2D eigenvalue weighted by Crippen LogP contribution is -2.13. The Bertz CT molecular complexity index is 528. The number of hydrogen-bond acceptors (Lipinski definition) is 5. The molecule has 0 saturated heterocycles. The zero-order valence-electron chi connectivity index (χ0n) is 10.6. The number of aromatic nitrogens is 2. The third-order valence-corrected chi connectivity index (χ3v) is 4.35. The van der Waals surface area contributed by atoms with Crippen LogP contribution in [0.1, 0.15) is 17.5 Å². The maximum atomic E-state index is 11.7. The summed E-state index contributed by atoms with van der Waals surface area (Å²) >= 11 is 3.02. The minimum Gasteiger partial charge on any atom is -0.300 e. The average Bonchev–Trinajstić information content (AvgIpc) is 2.87. The number of carbonyl (C=O) groups is 1. The van der Waals surface area contributed by atoms with Crippen molar-refractivity contribution in [1.82, 2.24) is 10.2 Å². The molecule has 0 bridgehead atoms. The van der Waals surface area contributed by atoms with E-state index in [4.69, 9.17) is 0 Å². The zero-order chi connectivity index (χ0) is 13.5. The number of benzene rings is 1. The molecule has 19 heavy (non-hydrogen) atoms. The lowest BCUT2D eigenvalue weighted by atomic mass is 10.2. The molecule has 2 rings (SSSR count). The number of amides is 1. The molecule has 0 saturated carbocycles. The van der Waals surface area contributed by atoms with Gasteiger partial charge in [-0.3, -0.25) is 10.1 Å². The highest BCUT2D eigenvalue weighted by Crippen LogP contribution is 2.16. The highest BCUT2D eigenvalue weighted by molar-refractivity contribution is 7.99. The van der Waals surface area contributed by atoms with Crippen molar-refractivity contribution in [2.24, 2.45) is 0 Å². The second-order valence-electron chi connectivity index (χ2n) is 3.88. The molecule has 0 radical (unpaired) electrons. The number of nitrogens with zero attached hydrogens (tertiary/aromatic N) is 2. The Kier molecular flexibility index (Phi) is 5.35. The van der Waals surface area contributed by atoms with Crippen molar-refractivity contribution in [3.05, 3.63) is 40.9 Å². The van der Waals surface area contributed by atoms with E-state index >= 15 is 0 Å². The van der Waals surface area contributed by atoms with Gasteiger partial charge in [0, 0.05) is 5.75 Å². The van der Waals surface area contributed by atoms with E-state index in [2.05, 4.69) is 27.6 Å². The van der Waals surface area contributed by atoms with Crippen LogP contribution in [0.5, 0.6) is 0 Å². The summed E-state index contributed by atoms with van der Waals surface area (Å²) < 4.78 is 0. The highest BCUT2D eigenvalue weighted by Gasteiger charge is 2.07. The number of thioether (sulfide) groups is 1. The van der Waals surface area contributed by atoms with Crippen LogP contribution in [0.3, 0.4) is 0 Å². The summed E-state index contributed by atoms with van der Waals surface area (Å²) in [6, 6.07) is 10.1. The van der Waals surface area contributed by atoms with Crippen molar-refractivity contribution in [1.29, 1.82) is 0 Å². The first-order chi connectivity index (χ1) is 9.28. The third kappa shape index (κ3) is 4.65. The molecule has 0 spiro atoms. The number of carbonyl (C=O) groups excluding carboxylic acids is 1. The molecule has 6 heteroatoms. The average molecular weight is 293 g/mol. The number of anilines is 1. The number of rotatable bonds is 6. The molecule has 1 aromatic heterocycles. The largest absolute Gasteiger partial charge is 0.300 e. The summed E-state index contributed by atoms with van der Waals surface area (Å²) in [5.41, 5.74) is 1.23. The van der Waals surface area contributed by atoms with Crippen LogP contribution in [0.15, 0.2) is 30.3 Å². The molecular formula is C13H15N3OS2. The fourth-order valence-corrected chi connectivity index (χ4v) is 2.92. The highest BCUT2D eigenvalue weighted by atomic mass is 32.2. The summed E-state index contributed by atoms with van der Waals surface area (Å²) in [6.45, 7) is 2.02. The van der Waals surface area contributed by atoms with Crippen LogP contribution in [0.4, 0.5) is 5.13 Å². The lowest BCUT2D eigenvalue weighted by Gasteiger charge is -2.01. The summed E-state index contributed by atoms with van der Waals surface area (Å²) in [5, 5.41) is 12.2. The molecule has 0 aliphatic heterocycles. The molecule has 0 fully saturated rings. The van der Waals surface area contributed by atoms with Crippen LogP contribution in [0.25, 0.3) is 0 Å². The van der Waals surface area contributed by atoms with E-state index in [1.807, 2.05) is 25.1 Å². The summed E-state index contributed by atoms with van der Waals surface area (Å²) in [6.07, 6.45) is 0.844. The van der Waals surface area contributed by atoms with E-state index in [1.165, 1.54) is 16.9 Å². The van der Waals surface area contributed by atoms with Gasteiger partial charge in [-0.25, -0.2) is 0 Å². The molecule has 0 unspecified atom stereocenters. The predicted octanol–water partition coefficient (Wildman–Crippen LogP) is 2.97. The van der Waals surface area contributed by atoms with E-state index in [-0.39, 0.29) is 5.91 Å². The van der Waals surface area contributed by atoms with Crippen molar-refractivity contribution in [3.63, 3.8) is 0 Å². The van der Waals surface area contributed by atoms with Crippen LogP contribution in [-0.2, 0) is 17.0 Å². The van der Waals surface area contributed by atoms with Gasteiger partial charge in [-0.1, -0.05) is 48.6 Å². The van der Waals surface area contributed by atoms with Crippen LogP contribution >= 0.6 is 23.1 Å². The van der Waals surface area contributed by atoms with Crippen LogP contribution < -0.4 is 5.32 Å². The van der Waals surface area contributed by atoms with E-state index in [9.17, 15) is 4.79 Å². The topological polar surface area (TPSA) is 54.9 Å². The Balaban J connectivity index is 1.73. The van der Waals surface area contributed by atoms with Gasteiger partial charge in [0.15, 0.2) is 0 Å². The lowest BCUT2D eigenvalue weighted by molar-refractivity contribution is -0.113. The van der Waals surface area contributed by atoms with Gasteiger partial charge in [0.25, 0.3) is 0 Å². The van der Waals surface area contributed by atoms with Gasteiger partial charge >= 0.3 is 0 Å². The van der Waals surface area contributed by atoms with E-state index in [0.29, 0.717) is 10.9 Å². The van der Waals surface area contributed by atoms with Gasteiger partial charge in [-0.15, -0.1) is 22.0 Å². The van der Waals surface area contributed by atoms with Gasteiger partial charge in [-0.05, 0) is 12.0 Å². The Morgan fingerprint density at radius 1 is 1.32 bits per heavy atom. The third-order valence-electron chi connectivity index (χ3n) is 2.36. The quantitative estimate of drug-likeness (QED) is 0.889. The zero-order valence-corrected chi connectivity index (χ0v) is 12.3. The Morgan fingerprint density at radius 3 is 2.79 bits per heavy atom. The standard InChI is InChI=1S/C13H15N3OS2/c1-2-12-15-16-13(19-12)14-11(17)9-18-8-10-6-4-3-5-7-10/h3-7H,2,8-9H2,1H3,(H,14,16,17). The number of aryl methyl sites for hydroxylation is 1. The summed E-state index contributed by atoms with van der Waals surface area (Å²) in [7, 11) is 0. The van der Waals surface area contributed by atoms with Crippen molar-refractivity contribution >= 4 is 34.1 Å². The Labute approximate surface area is 120 Å². The summed E-state index contributed by atoms with van der Waals surface area (Å²) in [4.78, 5) is 11.7. The van der Waals surface area contributed by atoms with E-state index in [1.54, 1.807) is 11.8 Å². The normalized spacial score (nSPS) is 10.4. The molecule has 1 heterocycles. The van der Waals surface area contributed by atoms with Crippen molar-refractivity contribution in [2.45, 2.75) is 19.1 Å². The maximum absolute atomic E-state index is 11.7. The second-order valence-corrected chi connectivity index (χ2v) is 5.93. The van der Waals surface area contributed by atoms with Gasteiger partial charge in [0.05, 0.1) is 5.75 Å². The van der Waals surface area contributed by atoms with Gasteiger partial charge in [-0.2, -0.15) is 0 Å². The molecule has 2 aromatic rings. The fourth-order valence-electron chi connectivity index (χ4n) is 1.44. The molecule has 0 aliphatic carbocycles. The maximum Gasteiger partial charge on any atom is 0.236 e. The monoisotopic (exact) mass is 293 g/mol. The van der Waals surface area contributed by atoms with Gasteiger partial charge < -0.3 is 0 Å². The number of nitrogens with one attached hydrogen (secondary N) is 1. The Morgan fingerprint density at radius 2 is 2.11 bits per heavy atom. The second kappa shape index (κ2) is 7.25. The fraction of sp³-hybridized carbons (Fsp3) is 0.308. The van der Waals surface area contributed by atoms with Gasteiger partial charge in [0.2, 0.25) is 11.0 Å². The smallest absolute Gasteiger partial charge is 0.236 e. The van der Waals surface area contributed by atoms with Crippen molar-refractivity contribution < 1.29 is 4.79 Å². The minimum atomic E-state index is -0.0280. The molecule has 1 amide bonds. The van der Waals surface area contributed by atoms with Crippen molar-refractivity contribution in [2.75, 3.05) is 11.1 Å². The van der Waals surface area contributed by atoms with Crippen molar-refractivity contribution in [3.8, 4) is 0 Å². The predicted molar refractivity (Wildman–Crippen MR) is 80.5 cm³/mol. The Hall–Kier alpha value is -1.40. The molecule has 0 aliphatic rings. The van der Waals surface area contributed by atoms with Crippen LogP contribution in [0, 0.1) is 0 Å². The molecule has 100 valence electrons. The minimum absolute atomic E-state index is 0.0280. The van der Waals surface area contributed by atoms with E-state index in [0.717, 1.165) is 17.2 Å². The first-order valence-corrected chi connectivity index (χ1v) is 7.99. The molecule has 1 aromatic carbocycles. The number of hydrogen-bond donors (Lipinski definition) is 1. The van der Waals surface area contributed by atoms with E-state index < -0.39 is 0 Å². The first kappa shape index (κ1) is 14.0. The molecule has 0 atom stereocenters. The van der Waals surface area contributed by atoms with Crippen LogP contribution in [0.2, 0.25) is 0 Å². The SMILES string of the molecule is CCc1nnc(NC(=O)CSCc2ccccc2)s1. The molecule has 1 N–H and O–H groups in total. The van der Waals surface area contributed by atoms with Gasteiger partial charge in [0.1, 0.15) is 5.01 Å². The van der Waals surface area contributed by atoms with Crippen LogP contribution in [-0.4, -0.2) is 21.9 Å². The molecular weight excluding hydrogens is 278 g/mol. The molecule has 4 nitrogen and oxygen atoms in total. The summed E-state index contributed by atoms with van der Waals surface area (Å²) in [5.74, 6) is 1.24. The first-order valence-electron chi connectivity index (χ1n) is 6.02.